The summed E-state index contributed by atoms with van der Waals surface area (Å²) in [6, 6.07) is 5.66. The van der Waals surface area contributed by atoms with Crippen molar-refractivity contribution >= 4 is 17.4 Å². The van der Waals surface area contributed by atoms with Crippen molar-refractivity contribution in [3.8, 4) is 0 Å². The van der Waals surface area contributed by atoms with E-state index in [9.17, 15) is 9.59 Å². The quantitative estimate of drug-likeness (QED) is 0.221. The number of hydrogen-bond acceptors (Lipinski definition) is 4. The first kappa shape index (κ1) is 27.6. The molecule has 0 unspecified atom stereocenters. The van der Waals surface area contributed by atoms with E-state index in [0.717, 1.165) is 68.4 Å². The van der Waals surface area contributed by atoms with Crippen molar-refractivity contribution in [1.82, 2.24) is 15.0 Å². The number of Topliss-reactive ketones (excluding diaryl/α,β-unsaturated/α-hetero) is 1. The molecule has 2 aromatic rings. The van der Waals surface area contributed by atoms with Crippen LogP contribution >= 0.6 is 0 Å². The second-order valence-electron chi connectivity index (χ2n) is 9.22. The summed E-state index contributed by atoms with van der Waals surface area (Å²) in [7, 11) is 0. The van der Waals surface area contributed by atoms with E-state index in [0.29, 0.717) is 12.1 Å². The second-order valence-corrected chi connectivity index (χ2v) is 9.22. The van der Waals surface area contributed by atoms with Gasteiger partial charge in [0, 0.05) is 25.2 Å². The summed E-state index contributed by atoms with van der Waals surface area (Å²) < 4.78 is 1.94. The van der Waals surface area contributed by atoms with E-state index < -0.39 is 0 Å². The van der Waals surface area contributed by atoms with Crippen LogP contribution in [0.3, 0.4) is 0 Å². The maximum atomic E-state index is 12.3. The third kappa shape index (κ3) is 7.25. The summed E-state index contributed by atoms with van der Waals surface area (Å²) in [5.74, 6) is -0.483. The van der Waals surface area contributed by atoms with E-state index >= 15 is 0 Å². The molecule has 1 aromatic carbocycles. The largest absolute Gasteiger partial charge is 2.00 e. The van der Waals surface area contributed by atoms with Crippen LogP contribution in [-0.4, -0.2) is 33.2 Å². The van der Waals surface area contributed by atoms with Gasteiger partial charge in [-0.3, -0.25) is 14.3 Å². The van der Waals surface area contributed by atoms with E-state index in [2.05, 4.69) is 46.8 Å². The van der Waals surface area contributed by atoms with Crippen molar-refractivity contribution in [2.45, 2.75) is 64.3 Å². The molecular formula is C29H34FeN4O2+2. The molecule has 0 saturated heterocycles. The summed E-state index contributed by atoms with van der Waals surface area (Å²) in [6.07, 6.45) is 26.4. The van der Waals surface area contributed by atoms with Crippen LogP contribution in [0.2, 0.25) is 0 Å². The standard InChI is InChI=1S/C24H28N4O2.C5H6.Fe/c1-18-12-13-22-20(16-18)23(29)24(30)28(22)15-9-5-3-2-4-8-14-27-17-21(25-26-27)19-10-6-7-11-19;1-2-4-5-3-1;/h6-7,10-13,16-17,19H,2-5,8-9,14-15H2,1H3;1-4H,5H2;/q;;+2. The number of hydrogen-bond donors (Lipinski definition) is 0. The van der Waals surface area contributed by atoms with Crippen LogP contribution < -0.4 is 4.90 Å². The molecule has 0 fully saturated rings. The van der Waals surface area contributed by atoms with Crippen LogP contribution in [0, 0.1) is 6.92 Å². The molecule has 2 heterocycles. The number of allylic oxidation sites excluding steroid dienone is 8. The molecule has 0 bridgehead atoms. The van der Waals surface area contributed by atoms with Crippen molar-refractivity contribution in [1.29, 1.82) is 0 Å². The number of aryl methyl sites for hydroxylation is 2. The van der Waals surface area contributed by atoms with Gasteiger partial charge in [-0.25, -0.2) is 0 Å². The molecule has 2 aliphatic carbocycles. The second kappa shape index (κ2) is 13.9. The zero-order chi connectivity index (χ0) is 24.5. The van der Waals surface area contributed by atoms with Crippen molar-refractivity contribution in [2.75, 3.05) is 11.4 Å². The molecule has 0 spiro atoms. The fraction of sp³-hybridized carbons (Fsp3) is 0.379. The first-order chi connectivity index (χ1) is 17.1. The molecular weight excluding hydrogens is 492 g/mol. The van der Waals surface area contributed by atoms with Crippen LogP contribution in [0.25, 0.3) is 0 Å². The predicted molar refractivity (Wildman–Crippen MR) is 140 cm³/mol. The van der Waals surface area contributed by atoms with Gasteiger partial charge >= 0.3 is 17.1 Å². The molecule has 1 aromatic heterocycles. The van der Waals surface area contributed by atoms with Crippen molar-refractivity contribution in [3.63, 3.8) is 0 Å². The van der Waals surface area contributed by atoms with Gasteiger partial charge in [0.15, 0.2) is 0 Å². The van der Waals surface area contributed by atoms with Gasteiger partial charge in [0.2, 0.25) is 0 Å². The Bertz CT molecular complexity index is 1140. The van der Waals surface area contributed by atoms with Crippen LogP contribution in [-0.2, 0) is 28.4 Å². The number of aromatic nitrogens is 3. The number of fused-ring (bicyclic) bond motifs is 1. The van der Waals surface area contributed by atoms with Crippen molar-refractivity contribution < 1.29 is 26.7 Å². The Morgan fingerprint density at radius 1 is 0.889 bits per heavy atom. The number of anilines is 1. The summed E-state index contributed by atoms with van der Waals surface area (Å²) in [6.45, 7) is 3.45. The van der Waals surface area contributed by atoms with E-state index in [1.807, 2.05) is 48.2 Å². The molecule has 7 heteroatoms. The van der Waals surface area contributed by atoms with E-state index in [1.54, 1.807) is 4.90 Å². The fourth-order valence-electron chi connectivity index (χ4n) is 4.48. The third-order valence-corrected chi connectivity index (χ3v) is 6.45. The fourth-order valence-corrected chi connectivity index (χ4v) is 4.48. The van der Waals surface area contributed by atoms with Crippen molar-refractivity contribution in [2.24, 2.45) is 0 Å². The van der Waals surface area contributed by atoms with Crippen LogP contribution in [0.15, 0.2) is 73.0 Å². The van der Waals surface area contributed by atoms with Crippen LogP contribution in [0.1, 0.15) is 72.5 Å². The molecule has 36 heavy (non-hydrogen) atoms. The summed E-state index contributed by atoms with van der Waals surface area (Å²) >= 11 is 0. The molecule has 0 N–H and O–H groups in total. The first-order valence-corrected chi connectivity index (χ1v) is 12.7. The third-order valence-electron chi connectivity index (χ3n) is 6.45. The predicted octanol–water partition coefficient (Wildman–Crippen LogP) is 5.87. The van der Waals surface area contributed by atoms with Gasteiger partial charge in [-0.05, 0) is 38.3 Å². The Hall–Kier alpha value is -3.02. The Labute approximate surface area is 224 Å². The monoisotopic (exact) mass is 526 g/mol. The Balaban J connectivity index is 0.000000538. The minimum atomic E-state index is -0.383. The number of carbonyl (C=O) groups is 2. The zero-order valence-electron chi connectivity index (χ0n) is 20.8. The van der Waals surface area contributed by atoms with E-state index in [-0.39, 0.29) is 34.7 Å². The molecule has 0 atom stereocenters. The van der Waals surface area contributed by atoms with Crippen LogP contribution in [0.5, 0.6) is 0 Å². The average molecular weight is 526 g/mol. The van der Waals surface area contributed by atoms with Gasteiger partial charge in [0.25, 0.3) is 11.7 Å². The SMILES string of the molecule is C1=CCC=C1.Cc1ccc2c(c1)C(=O)C(=O)N2CCCCCCCCn1cc(C2C=CC=C2)nn1.[Fe+2]. The van der Waals surface area contributed by atoms with E-state index in [4.69, 9.17) is 0 Å². The Morgan fingerprint density at radius 3 is 2.22 bits per heavy atom. The molecule has 1 aliphatic heterocycles. The number of carbonyl (C=O) groups excluding carboxylic acids is 2. The number of amides is 1. The van der Waals surface area contributed by atoms with Crippen molar-refractivity contribution in [3.05, 3.63) is 89.8 Å². The van der Waals surface area contributed by atoms with Gasteiger partial charge in [-0.2, -0.15) is 0 Å². The van der Waals surface area contributed by atoms with Gasteiger partial charge in [0.1, 0.15) is 0 Å². The molecule has 1 amide bonds. The molecule has 188 valence electrons. The normalized spacial score (nSPS) is 15.4. The maximum absolute atomic E-state index is 12.3. The Kier molecular flexibility index (Phi) is 10.6. The molecule has 0 radical (unpaired) electrons. The molecule has 5 rings (SSSR count). The number of benzene rings is 1. The summed E-state index contributed by atoms with van der Waals surface area (Å²) in [5, 5.41) is 8.48. The number of rotatable bonds is 10. The van der Waals surface area contributed by atoms with Gasteiger partial charge in [0.05, 0.1) is 16.9 Å². The molecule has 0 saturated carbocycles. The smallest absolute Gasteiger partial charge is 0.305 e. The minimum Gasteiger partial charge on any atom is -0.305 e. The van der Waals surface area contributed by atoms with Crippen LogP contribution in [0.4, 0.5) is 5.69 Å². The number of unbranched alkanes of at least 4 members (excludes halogenated alkanes) is 5. The molecule has 6 nitrogen and oxygen atoms in total. The summed E-state index contributed by atoms with van der Waals surface area (Å²) in [4.78, 5) is 26.1. The Morgan fingerprint density at radius 2 is 1.56 bits per heavy atom. The topological polar surface area (TPSA) is 68.1 Å². The molecule has 3 aliphatic rings. The minimum absolute atomic E-state index is 0. The number of nitrogens with zero attached hydrogens (tertiary/aromatic N) is 4. The number of ketones is 1. The van der Waals surface area contributed by atoms with Gasteiger partial charge in [-0.1, -0.05) is 91.1 Å². The van der Waals surface area contributed by atoms with Gasteiger partial charge in [-0.15, -0.1) is 5.10 Å². The summed E-state index contributed by atoms with van der Waals surface area (Å²) in [5.41, 5.74) is 3.33. The first-order valence-electron chi connectivity index (χ1n) is 12.7. The van der Waals surface area contributed by atoms with Gasteiger partial charge < -0.3 is 4.90 Å². The maximum Gasteiger partial charge on any atom is 2.00 e. The van der Waals surface area contributed by atoms with E-state index in [1.165, 1.54) is 0 Å². The zero-order valence-corrected chi connectivity index (χ0v) is 21.9. The average Bonchev–Trinajstić information content (AvgIpc) is 3.67.